The fourth-order valence-corrected chi connectivity index (χ4v) is 6.74. The molecule has 0 N–H and O–H groups in total. The van der Waals surface area contributed by atoms with Crippen LogP contribution in [0.15, 0.2) is 102 Å². The highest BCUT2D eigenvalue weighted by Gasteiger charge is 2.49. The summed E-state index contributed by atoms with van der Waals surface area (Å²) >= 11 is 3.60. The Morgan fingerprint density at radius 3 is 1.12 bits per heavy atom. The smallest absolute Gasteiger partial charge is 0.0175 e. The van der Waals surface area contributed by atoms with Crippen LogP contribution >= 0.6 is 15.9 Å². The summed E-state index contributed by atoms with van der Waals surface area (Å²) in [4.78, 5) is 0. The molecule has 0 amide bonds. The third-order valence-electron chi connectivity index (χ3n) is 8.80. The Hall–Kier alpha value is -2.64. The standard InChI is InChI=1S/C33H31Br/c1-24-2-4-25(5-3-24)26-6-8-27(9-7-26)28-10-12-29(13-11-28)32-18-21-33(22-19-32,23-20-32)30-14-16-31(34)17-15-30/h2-17H,18-23H2,1H3. The normalized spacial score (nSPS) is 23.7. The summed E-state index contributed by atoms with van der Waals surface area (Å²) in [5, 5.41) is 0. The first-order valence-electron chi connectivity index (χ1n) is 12.6. The number of rotatable bonds is 4. The molecule has 3 aliphatic rings. The molecule has 0 nitrogen and oxygen atoms in total. The van der Waals surface area contributed by atoms with Crippen LogP contribution in [-0.4, -0.2) is 0 Å². The van der Waals surface area contributed by atoms with Crippen LogP contribution in [0.1, 0.15) is 55.2 Å². The van der Waals surface area contributed by atoms with Gasteiger partial charge in [-0.25, -0.2) is 0 Å². The van der Waals surface area contributed by atoms with Crippen LogP contribution in [-0.2, 0) is 10.8 Å². The first-order valence-corrected chi connectivity index (χ1v) is 13.4. The predicted octanol–water partition coefficient (Wildman–Crippen LogP) is 9.64. The summed E-state index contributed by atoms with van der Waals surface area (Å²) in [5.41, 5.74) is 10.3. The SMILES string of the molecule is Cc1ccc(-c2ccc(-c3ccc(C45CCC(c6ccc(Br)cc6)(CC4)CC5)cc3)cc2)cc1. The quantitative estimate of drug-likeness (QED) is 0.258. The van der Waals surface area contributed by atoms with Crippen LogP contribution in [0.5, 0.6) is 0 Å². The summed E-state index contributed by atoms with van der Waals surface area (Å²) in [6.45, 7) is 2.13. The van der Waals surface area contributed by atoms with E-state index in [0.29, 0.717) is 10.8 Å². The lowest BCUT2D eigenvalue weighted by Gasteiger charge is -2.54. The molecule has 0 spiro atoms. The zero-order valence-corrected chi connectivity index (χ0v) is 21.4. The van der Waals surface area contributed by atoms with Crippen molar-refractivity contribution >= 4 is 15.9 Å². The van der Waals surface area contributed by atoms with E-state index in [1.54, 1.807) is 11.1 Å². The van der Waals surface area contributed by atoms with E-state index in [-0.39, 0.29) is 0 Å². The third kappa shape index (κ3) is 3.85. The lowest BCUT2D eigenvalue weighted by atomic mass is 9.50. The van der Waals surface area contributed by atoms with Crippen molar-refractivity contribution in [1.82, 2.24) is 0 Å². The monoisotopic (exact) mass is 506 g/mol. The fourth-order valence-electron chi connectivity index (χ4n) is 6.47. The van der Waals surface area contributed by atoms with Crippen LogP contribution in [0.4, 0.5) is 0 Å². The van der Waals surface area contributed by atoms with Crippen LogP contribution in [0.2, 0.25) is 0 Å². The van der Waals surface area contributed by atoms with Gasteiger partial charge in [0, 0.05) is 4.47 Å². The minimum absolute atomic E-state index is 0.380. The van der Waals surface area contributed by atoms with E-state index in [2.05, 4.69) is 120 Å². The molecule has 1 heteroatoms. The van der Waals surface area contributed by atoms with Crippen LogP contribution < -0.4 is 0 Å². The second-order valence-corrected chi connectivity index (χ2v) is 11.5. The third-order valence-corrected chi connectivity index (χ3v) is 9.33. The molecule has 0 aliphatic heterocycles. The van der Waals surface area contributed by atoms with Crippen LogP contribution in [0.25, 0.3) is 22.3 Å². The molecule has 0 aromatic heterocycles. The molecule has 2 bridgehead atoms. The van der Waals surface area contributed by atoms with Gasteiger partial charge in [-0.15, -0.1) is 0 Å². The molecular weight excluding hydrogens is 476 g/mol. The van der Waals surface area contributed by atoms with Gasteiger partial charge in [0.2, 0.25) is 0 Å². The van der Waals surface area contributed by atoms with Crippen molar-refractivity contribution in [2.24, 2.45) is 0 Å². The molecule has 170 valence electrons. The van der Waals surface area contributed by atoms with Gasteiger partial charge >= 0.3 is 0 Å². The van der Waals surface area contributed by atoms with Gasteiger partial charge in [0.05, 0.1) is 0 Å². The molecule has 3 aliphatic carbocycles. The Kier molecular flexibility index (Phi) is 5.49. The van der Waals surface area contributed by atoms with Crippen LogP contribution in [0.3, 0.4) is 0 Å². The number of aryl methyl sites for hydroxylation is 1. The Balaban J connectivity index is 1.19. The van der Waals surface area contributed by atoms with E-state index in [1.165, 1.54) is 70.8 Å². The Bertz CT molecular complexity index is 1250. The highest BCUT2D eigenvalue weighted by molar-refractivity contribution is 9.10. The van der Waals surface area contributed by atoms with Gasteiger partial charge < -0.3 is 0 Å². The number of benzene rings is 4. The van der Waals surface area contributed by atoms with Crippen molar-refractivity contribution in [3.63, 3.8) is 0 Å². The predicted molar refractivity (Wildman–Crippen MR) is 147 cm³/mol. The Morgan fingerprint density at radius 1 is 0.441 bits per heavy atom. The largest absolute Gasteiger partial charge is 0.0587 e. The molecular formula is C33H31Br. The number of hydrogen-bond acceptors (Lipinski definition) is 0. The van der Waals surface area contributed by atoms with Gasteiger partial charge in [0.1, 0.15) is 0 Å². The zero-order valence-electron chi connectivity index (χ0n) is 19.9. The average Bonchev–Trinajstić information content (AvgIpc) is 2.91. The molecule has 3 fully saturated rings. The number of fused-ring (bicyclic) bond motifs is 3. The van der Waals surface area contributed by atoms with Gasteiger partial charge in [0.25, 0.3) is 0 Å². The van der Waals surface area contributed by atoms with Crippen molar-refractivity contribution in [3.05, 3.63) is 118 Å². The molecule has 4 aromatic carbocycles. The average molecular weight is 508 g/mol. The summed E-state index contributed by atoms with van der Waals surface area (Å²) in [6, 6.07) is 36.4. The Labute approximate surface area is 212 Å². The maximum absolute atomic E-state index is 3.60. The highest BCUT2D eigenvalue weighted by Crippen LogP contribution is 2.58. The van der Waals surface area contributed by atoms with E-state index in [9.17, 15) is 0 Å². The second-order valence-electron chi connectivity index (χ2n) is 10.6. The second kappa shape index (κ2) is 8.54. The van der Waals surface area contributed by atoms with Crippen molar-refractivity contribution in [2.75, 3.05) is 0 Å². The van der Waals surface area contributed by atoms with Gasteiger partial charge in [-0.3, -0.25) is 0 Å². The van der Waals surface area contributed by atoms with Crippen molar-refractivity contribution < 1.29 is 0 Å². The molecule has 34 heavy (non-hydrogen) atoms. The number of halogens is 1. The van der Waals surface area contributed by atoms with E-state index in [4.69, 9.17) is 0 Å². The lowest BCUT2D eigenvalue weighted by molar-refractivity contribution is 0.102. The summed E-state index contributed by atoms with van der Waals surface area (Å²) in [7, 11) is 0. The van der Waals surface area contributed by atoms with Crippen LogP contribution in [0, 0.1) is 6.92 Å². The lowest BCUT2D eigenvalue weighted by Crippen LogP contribution is -2.46. The number of hydrogen-bond donors (Lipinski definition) is 0. The first kappa shape index (κ1) is 21.9. The minimum Gasteiger partial charge on any atom is -0.0587 e. The van der Waals surface area contributed by atoms with Gasteiger partial charge in [-0.1, -0.05) is 106 Å². The van der Waals surface area contributed by atoms with Gasteiger partial charge in [-0.2, -0.15) is 0 Å². The van der Waals surface area contributed by atoms with E-state index in [1.807, 2.05) is 0 Å². The minimum atomic E-state index is 0.380. The van der Waals surface area contributed by atoms with Gasteiger partial charge in [0.15, 0.2) is 0 Å². The molecule has 3 saturated carbocycles. The zero-order chi connectivity index (χ0) is 23.2. The maximum Gasteiger partial charge on any atom is 0.0175 e. The Morgan fingerprint density at radius 2 is 0.735 bits per heavy atom. The molecule has 0 unspecified atom stereocenters. The molecule has 7 rings (SSSR count). The molecule has 0 saturated heterocycles. The summed E-state index contributed by atoms with van der Waals surface area (Å²) in [6.07, 6.45) is 7.89. The van der Waals surface area contributed by atoms with E-state index in [0.717, 1.165) is 0 Å². The maximum atomic E-state index is 3.60. The summed E-state index contributed by atoms with van der Waals surface area (Å²) < 4.78 is 1.18. The van der Waals surface area contributed by atoms with Crippen molar-refractivity contribution in [2.45, 2.75) is 56.3 Å². The van der Waals surface area contributed by atoms with Crippen molar-refractivity contribution in [1.29, 1.82) is 0 Å². The first-order chi connectivity index (χ1) is 16.6. The molecule has 0 atom stereocenters. The van der Waals surface area contributed by atoms with E-state index >= 15 is 0 Å². The molecule has 0 heterocycles. The van der Waals surface area contributed by atoms with Gasteiger partial charge in [-0.05, 0) is 102 Å². The molecule has 0 radical (unpaired) electrons. The fraction of sp³-hybridized carbons (Fsp3) is 0.273. The summed E-state index contributed by atoms with van der Waals surface area (Å²) in [5.74, 6) is 0. The topological polar surface area (TPSA) is 0 Å². The van der Waals surface area contributed by atoms with Crippen molar-refractivity contribution in [3.8, 4) is 22.3 Å². The van der Waals surface area contributed by atoms with E-state index < -0.39 is 0 Å². The molecule has 4 aromatic rings. The highest BCUT2D eigenvalue weighted by atomic mass is 79.9.